The van der Waals surface area contributed by atoms with Gasteiger partial charge in [-0.1, -0.05) is 19.3 Å². The van der Waals surface area contributed by atoms with E-state index in [2.05, 4.69) is 30.4 Å². The lowest BCUT2D eigenvalue weighted by Crippen LogP contribution is -2.43. The van der Waals surface area contributed by atoms with Crippen LogP contribution in [0.2, 0.25) is 0 Å². The number of urea groups is 1. The van der Waals surface area contributed by atoms with E-state index in [9.17, 15) is 14.4 Å². The first-order valence-electron chi connectivity index (χ1n) is 20.1. The Kier molecular flexibility index (Phi) is 14.4. The molecule has 0 atom stereocenters. The quantitative estimate of drug-likeness (QED) is 0.0875. The molecule has 0 spiro atoms. The van der Waals surface area contributed by atoms with Crippen LogP contribution in [0.4, 0.5) is 19.3 Å². The van der Waals surface area contributed by atoms with Crippen molar-refractivity contribution in [2.45, 2.75) is 82.8 Å². The van der Waals surface area contributed by atoms with Gasteiger partial charge < -0.3 is 39.7 Å². The molecular weight excluding hydrogens is 722 g/mol. The second kappa shape index (κ2) is 19.6. The second-order valence-corrected chi connectivity index (χ2v) is 15.3. The van der Waals surface area contributed by atoms with E-state index in [0.29, 0.717) is 41.6 Å². The average molecular weight is 779 g/mol. The molecule has 0 unspecified atom stereocenters. The van der Waals surface area contributed by atoms with E-state index < -0.39 is 23.2 Å². The number of amidine groups is 1. The molecule has 0 bridgehead atoms. The number of halogens is 2. The number of benzene rings is 2. The van der Waals surface area contributed by atoms with Crippen LogP contribution in [0.25, 0.3) is 10.9 Å². The topological polar surface area (TPSA) is 156 Å². The van der Waals surface area contributed by atoms with Crippen LogP contribution in [-0.4, -0.2) is 115 Å². The fourth-order valence-electron chi connectivity index (χ4n) is 8.25. The highest BCUT2D eigenvalue weighted by Gasteiger charge is 2.28. The van der Waals surface area contributed by atoms with Crippen molar-refractivity contribution in [2.24, 2.45) is 5.92 Å². The van der Waals surface area contributed by atoms with Crippen molar-refractivity contribution in [1.29, 1.82) is 5.41 Å². The van der Waals surface area contributed by atoms with Gasteiger partial charge in [0.1, 0.15) is 47.3 Å². The van der Waals surface area contributed by atoms with Crippen LogP contribution in [0, 0.1) is 23.0 Å². The van der Waals surface area contributed by atoms with Crippen molar-refractivity contribution < 1.29 is 27.8 Å². The summed E-state index contributed by atoms with van der Waals surface area (Å²) in [6.45, 7) is 6.16. The molecule has 4 N–H and O–H groups in total. The van der Waals surface area contributed by atoms with Gasteiger partial charge in [-0.2, -0.15) is 0 Å². The molecule has 2 amide bonds. The molecule has 0 radical (unpaired) electrons. The zero-order valence-corrected chi connectivity index (χ0v) is 32.6. The third-order valence-electron chi connectivity index (χ3n) is 11.6. The molecule has 3 aliphatic rings. The molecule has 56 heavy (non-hydrogen) atoms. The summed E-state index contributed by atoms with van der Waals surface area (Å²) in [4.78, 5) is 49.3. The molecule has 6 rings (SSSR count). The third-order valence-corrected chi connectivity index (χ3v) is 11.6. The number of ether oxygens (including phenoxy) is 2. The molecule has 304 valence electrons. The first kappa shape index (κ1) is 41.2. The van der Waals surface area contributed by atoms with Crippen LogP contribution in [0.1, 0.15) is 87.1 Å². The molecule has 13 nitrogen and oxygen atoms in total. The fourth-order valence-corrected chi connectivity index (χ4v) is 8.25. The number of hydrogen-bond acceptors (Lipinski definition) is 10. The fraction of sp³-hybridized carbons (Fsp3) is 0.585. The van der Waals surface area contributed by atoms with E-state index in [1.54, 1.807) is 19.2 Å². The number of aldehydes is 1. The van der Waals surface area contributed by atoms with Gasteiger partial charge in [0.05, 0.1) is 18.2 Å². The van der Waals surface area contributed by atoms with Crippen molar-refractivity contribution in [3.63, 3.8) is 0 Å². The van der Waals surface area contributed by atoms with E-state index >= 15 is 8.78 Å². The normalized spacial score (nSPS) is 17.9. The summed E-state index contributed by atoms with van der Waals surface area (Å²) in [5.74, 6) is -0.0819. The number of carbonyl (C=O) groups excluding carboxylic acids is 2. The first-order valence-corrected chi connectivity index (χ1v) is 20.1. The summed E-state index contributed by atoms with van der Waals surface area (Å²) < 4.78 is 42.7. The van der Waals surface area contributed by atoms with E-state index in [-0.39, 0.29) is 53.9 Å². The molecule has 2 saturated heterocycles. The van der Waals surface area contributed by atoms with Crippen LogP contribution in [0.3, 0.4) is 0 Å². The van der Waals surface area contributed by atoms with Crippen molar-refractivity contribution >= 4 is 34.7 Å². The van der Waals surface area contributed by atoms with E-state index in [1.807, 2.05) is 0 Å². The van der Waals surface area contributed by atoms with E-state index in [0.717, 1.165) is 95.5 Å². The van der Waals surface area contributed by atoms with Gasteiger partial charge >= 0.3 is 6.03 Å². The Balaban J connectivity index is 0.944. The van der Waals surface area contributed by atoms with Crippen LogP contribution in [-0.2, 0) is 16.1 Å². The van der Waals surface area contributed by atoms with Gasteiger partial charge in [0.2, 0.25) is 0 Å². The molecule has 15 heteroatoms. The van der Waals surface area contributed by atoms with Gasteiger partial charge in [-0.25, -0.2) is 18.6 Å². The largest absolute Gasteiger partial charge is 0.493 e. The average Bonchev–Trinajstić information content (AvgIpc) is 3.22. The van der Waals surface area contributed by atoms with E-state index in [1.165, 1.54) is 25.6 Å². The summed E-state index contributed by atoms with van der Waals surface area (Å²) >= 11 is 0. The number of likely N-dealkylation sites (tertiary alicyclic amines) is 2. The van der Waals surface area contributed by atoms with Crippen molar-refractivity contribution in [1.82, 2.24) is 30.0 Å². The zero-order valence-electron chi connectivity index (χ0n) is 32.6. The predicted octanol–water partition coefficient (Wildman–Crippen LogP) is 5.62. The zero-order chi connectivity index (χ0) is 39.6. The Labute approximate surface area is 327 Å². The maximum atomic E-state index is 15.6. The second-order valence-electron chi connectivity index (χ2n) is 15.3. The SMILES string of the molecule is CNC(=O)N(CCC=O)C(=N)c1cc(F)c(C2CCN(CCN3CCC(COc4cc(F)c5c(=O)[nH]c(COC6CCCCC6)nc5c4)CC3)CC2)cc1NC. The highest BCUT2D eigenvalue weighted by atomic mass is 19.1. The molecule has 2 aliphatic heterocycles. The molecule has 3 fully saturated rings. The van der Waals surface area contributed by atoms with Gasteiger partial charge in [-0.05, 0) is 94.2 Å². The molecule has 1 aromatic heterocycles. The van der Waals surface area contributed by atoms with Crippen LogP contribution < -0.4 is 20.9 Å². The maximum Gasteiger partial charge on any atom is 0.322 e. The van der Waals surface area contributed by atoms with Crippen LogP contribution in [0.15, 0.2) is 29.1 Å². The summed E-state index contributed by atoms with van der Waals surface area (Å²) in [6, 6.07) is 5.46. The monoisotopic (exact) mass is 778 g/mol. The summed E-state index contributed by atoms with van der Waals surface area (Å²) in [6.07, 6.45) is 10.0. The Morgan fingerprint density at radius 1 is 0.982 bits per heavy atom. The standard InChI is InChI=1S/C41H56F2N8O5/c1-45-35-24-31(33(42)23-32(35)39(44)51(13-6-20-52)41(54)46-2)28-11-16-50(17-12-28)19-18-49-14-9-27(10-15-49)25-55-30-21-34(43)38-36(22-30)47-37(48-40(38)53)26-56-29-7-4-3-5-8-29/h20-24,27-29,44-45H,3-19,25-26H2,1-2H3,(H,46,54)(H,47,48,53). The number of hydrogen-bond donors (Lipinski definition) is 4. The predicted molar refractivity (Wildman–Crippen MR) is 212 cm³/mol. The van der Waals surface area contributed by atoms with Crippen molar-refractivity contribution in [3.05, 3.63) is 63.2 Å². The van der Waals surface area contributed by atoms with Crippen LogP contribution >= 0.6 is 0 Å². The van der Waals surface area contributed by atoms with Gasteiger partial charge in [-0.3, -0.25) is 15.1 Å². The van der Waals surface area contributed by atoms with Gasteiger partial charge in [0, 0.05) is 63.5 Å². The smallest absolute Gasteiger partial charge is 0.322 e. The first-order chi connectivity index (χ1) is 27.2. The van der Waals surface area contributed by atoms with Gasteiger partial charge in [0.25, 0.3) is 5.56 Å². The number of H-pyrrole nitrogens is 1. The van der Waals surface area contributed by atoms with Gasteiger partial charge in [-0.15, -0.1) is 0 Å². The lowest BCUT2D eigenvalue weighted by atomic mass is 9.87. The minimum absolute atomic E-state index is 0.0225. The summed E-state index contributed by atoms with van der Waals surface area (Å²) in [7, 11) is 3.16. The van der Waals surface area contributed by atoms with Crippen molar-refractivity contribution in [3.8, 4) is 5.75 Å². The number of fused-ring (bicyclic) bond motifs is 1. The third kappa shape index (κ3) is 10.3. The number of nitrogens with one attached hydrogen (secondary N) is 4. The highest BCUT2D eigenvalue weighted by molar-refractivity contribution is 6.09. The van der Waals surface area contributed by atoms with Crippen LogP contribution in [0.5, 0.6) is 5.75 Å². The Bertz CT molecular complexity index is 1890. The van der Waals surface area contributed by atoms with E-state index in [4.69, 9.17) is 14.9 Å². The number of rotatable bonds is 15. The number of aromatic nitrogens is 2. The minimum atomic E-state index is -0.647. The molecule has 1 saturated carbocycles. The number of aromatic amines is 1. The molecule has 3 aromatic rings. The molecule has 2 aromatic carbocycles. The van der Waals surface area contributed by atoms with Crippen molar-refractivity contribution in [2.75, 3.05) is 71.8 Å². The van der Waals surface area contributed by atoms with Gasteiger partial charge in [0.15, 0.2) is 0 Å². The Hall–Kier alpha value is -4.47. The number of piperidine rings is 2. The molecule has 1 aliphatic carbocycles. The maximum absolute atomic E-state index is 15.6. The number of anilines is 1. The number of nitrogens with zero attached hydrogens (tertiary/aromatic N) is 4. The highest BCUT2D eigenvalue weighted by Crippen LogP contribution is 2.34. The summed E-state index contributed by atoms with van der Waals surface area (Å²) in [5.41, 5.74) is 1.18. The Morgan fingerprint density at radius 3 is 2.34 bits per heavy atom. The molecule has 3 heterocycles. The minimum Gasteiger partial charge on any atom is -0.493 e. The lowest BCUT2D eigenvalue weighted by molar-refractivity contribution is -0.107. The molecular formula is C41H56F2N8O5. The number of carbonyl (C=O) groups is 2. The lowest BCUT2D eigenvalue weighted by Gasteiger charge is -2.36. The Morgan fingerprint density at radius 2 is 1.68 bits per heavy atom. The number of amides is 2. The summed E-state index contributed by atoms with van der Waals surface area (Å²) in [5, 5.41) is 14.1.